The van der Waals surface area contributed by atoms with Crippen LogP contribution in [0, 0.1) is 18.2 Å². The molecule has 0 amide bonds. The largest absolute Gasteiger partial charge is 3.00 e. The molecule has 0 fully saturated rings. The number of nitrogens with zero attached hydrogens (tertiary/aromatic N) is 7. The third-order valence-electron chi connectivity index (χ3n) is 12.4. The van der Waals surface area contributed by atoms with Crippen molar-refractivity contribution in [2.45, 2.75) is 0 Å². The van der Waals surface area contributed by atoms with E-state index in [4.69, 9.17) is 24.9 Å². The first-order valence-electron chi connectivity index (χ1n) is 23.0. The molecule has 5 aromatic heterocycles. The molecule has 12 rings (SSSR count). The van der Waals surface area contributed by atoms with Crippen molar-refractivity contribution in [3.05, 3.63) is 262 Å². The van der Waals surface area contributed by atoms with Crippen molar-refractivity contribution < 1.29 is 20.1 Å². The van der Waals surface area contributed by atoms with Gasteiger partial charge in [0, 0.05) is 54.5 Å². The zero-order chi connectivity index (χ0) is 46.6. The van der Waals surface area contributed by atoms with E-state index in [1.165, 1.54) is 11.1 Å². The maximum absolute atomic E-state index is 5.04. The number of rotatable bonds is 11. The van der Waals surface area contributed by atoms with Crippen molar-refractivity contribution in [3.63, 3.8) is 0 Å². The minimum Gasteiger partial charge on any atom is -0.304 e. The van der Waals surface area contributed by atoms with Gasteiger partial charge in [-0.1, -0.05) is 97.1 Å². The molecule has 0 aliphatic carbocycles. The first-order chi connectivity index (χ1) is 34.7. The van der Waals surface area contributed by atoms with Crippen LogP contribution in [-0.2, 0) is 20.1 Å². The van der Waals surface area contributed by atoms with Crippen molar-refractivity contribution in [2.24, 2.45) is 0 Å². The van der Waals surface area contributed by atoms with Gasteiger partial charge in [0.2, 0.25) is 0 Å². The first kappa shape index (κ1) is 44.6. The van der Waals surface area contributed by atoms with Crippen LogP contribution in [0.25, 0.3) is 112 Å². The monoisotopic (exact) mass is 1090 g/mol. The predicted molar refractivity (Wildman–Crippen MR) is 280 cm³/mol. The Hall–Kier alpha value is -8.94. The normalized spacial score (nSPS) is 11.0. The van der Waals surface area contributed by atoms with Crippen LogP contribution in [0.5, 0.6) is 0 Å². The van der Waals surface area contributed by atoms with Crippen molar-refractivity contribution in [3.8, 4) is 112 Å². The fourth-order valence-corrected chi connectivity index (χ4v) is 8.98. The van der Waals surface area contributed by atoms with E-state index in [1.807, 2.05) is 116 Å². The van der Waals surface area contributed by atoms with E-state index >= 15 is 0 Å². The average Bonchev–Trinajstić information content (AvgIpc) is 4.16. The summed E-state index contributed by atoms with van der Waals surface area (Å²) in [5, 5.41) is 0. The quantitative estimate of drug-likeness (QED) is 0.121. The molecule has 0 saturated heterocycles. The Bertz CT molecular complexity index is 3600. The molecule has 8 heteroatoms. The molecule has 0 bridgehead atoms. The third kappa shape index (κ3) is 9.21. The van der Waals surface area contributed by atoms with Gasteiger partial charge in [0.25, 0.3) is 0 Å². The maximum atomic E-state index is 5.04. The summed E-state index contributed by atoms with van der Waals surface area (Å²) < 4.78 is 4.15. The summed E-state index contributed by atoms with van der Waals surface area (Å²) in [5.74, 6) is 1.53. The summed E-state index contributed by atoms with van der Waals surface area (Å²) >= 11 is 0. The third-order valence-corrected chi connectivity index (χ3v) is 12.4. The zero-order valence-electron chi connectivity index (χ0n) is 38.1. The van der Waals surface area contributed by atoms with Crippen LogP contribution >= 0.6 is 0 Å². The second-order valence-electron chi connectivity index (χ2n) is 16.8. The second kappa shape index (κ2) is 20.0. The van der Waals surface area contributed by atoms with Crippen LogP contribution in [0.3, 0.4) is 0 Å². The average molecular weight is 1090 g/mol. The molecule has 0 spiro atoms. The molecular weight excluding hydrogens is 1050 g/mol. The van der Waals surface area contributed by atoms with Gasteiger partial charge in [0.05, 0.1) is 11.4 Å². The fourth-order valence-electron chi connectivity index (χ4n) is 8.98. The summed E-state index contributed by atoms with van der Waals surface area (Å²) in [6.07, 6.45) is 13.3. The first-order valence-corrected chi connectivity index (χ1v) is 23.0. The SMILES string of the molecule is [Ir+3].[c-]1ccccc1-c1ccc(-n2ccnc2-c2cc(-c3ccccc3-c3ccc(-c4[c-]ccc(-c5cccc(-c6ccccc6)c5)c4)nc3)cc(-c3nccn3-c3ccc(-c4[c-]cccc4)nc3)c2)cn1. The van der Waals surface area contributed by atoms with E-state index in [0.29, 0.717) is 0 Å². The number of hydrogen-bond acceptors (Lipinski definition) is 5. The summed E-state index contributed by atoms with van der Waals surface area (Å²) in [4.78, 5) is 24.6. The Kier molecular flexibility index (Phi) is 12.5. The van der Waals surface area contributed by atoms with Crippen molar-refractivity contribution in [1.29, 1.82) is 0 Å². The Labute approximate surface area is 425 Å². The Balaban J connectivity index is 0.00000547. The van der Waals surface area contributed by atoms with Gasteiger partial charge in [-0.25, -0.2) is 9.97 Å². The van der Waals surface area contributed by atoms with Gasteiger partial charge in [0.1, 0.15) is 11.6 Å². The molecule has 0 aliphatic heterocycles. The maximum Gasteiger partial charge on any atom is 3.00 e. The molecular formula is C63H40IrN7. The zero-order valence-corrected chi connectivity index (χ0v) is 40.5. The van der Waals surface area contributed by atoms with Gasteiger partial charge in [-0.05, 0) is 92.4 Å². The molecule has 7 nitrogen and oxygen atoms in total. The molecule has 0 atom stereocenters. The van der Waals surface area contributed by atoms with Crippen molar-refractivity contribution in [2.75, 3.05) is 0 Å². The van der Waals surface area contributed by atoms with Gasteiger partial charge >= 0.3 is 20.1 Å². The van der Waals surface area contributed by atoms with Crippen molar-refractivity contribution >= 4 is 0 Å². The Morgan fingerprint density at radius 3 is 1.35 bits per heavy atom. The summed E-state index contributed by atoms with van der Waals surface area (Å²) in [6.45, 7) is 0. The van der Waals surface area contributed by atoms with Gasteiger partial charge in [-0.15, -0.1) is 107 Å². The van der Waals surface area contributed by atoms with Crippen LogP contribution in [0.4, 0.5) is 0 Å². The molecule has 0 unspecified atom stereocenters. The van der Waals surface area contributed by atoms with Gasteiger partial charge in [0.15, 0.2) is 0 Å². The predicted octanol–water partition coefficient (Wildman–Crippen LogP) is 14.6. The fraction of sp³-hybridized carbons (Fsp3) is 0. The van der Waals surface area contributed by atoms with E-state index in [-0.39, 0.29) is 20.1 Å². The number of aromatic nitrogens is 7. The van der Waals surface area contributed by atoms with E-state index in [2.05, 4.69) is 155 Å². The molecule has 12 aromatic rings. The van der Waals surface area contributed by atoms with Crippen LogP contribution in [0.1, 0.15) is 0 Å². The molecule has 7 aromatic carbocycles. The summed E-state index contributed by atoms with van der Waals surface area (Å²) in [5.41, 5.74) is 17.6. The molecule has 0 N–H and O–H groups in total. The van der Waals surface area contributed by atoms with E-state index < -0.39 is 0 Å². The van der Waals surface area contributed by atoms with E-state index in [0.717, 1.165) is 101 Å². The van der Waals surface area contributed by atoms with Crippen LogP contribution in [0.2, 0.25) is 0 Å². The molecule has 336 valence electrons. The summed E-state index contributed by atoms with van der Waals surface area (Å²) in [7, 11) is 0. The van der Waals surface area contributed by atoms with Crippen LogP contribution < -0.4 is 0 Å². The minimum atomic E-state index is 0. The molecule has 71 heavy (non-hydrogen) atoms. The number of hydrogen-bond donors (Lipinski definition) is 0. The number of pyridine rings is 3. The standard InChI is InChI=1S/C63H40N7.Ir/c1-4-14-44(15-5-1)47-20-12-21-48(36-47)49-22-13-23-50(37-49)61-29-26-51(41-66-61)57-24-10-11-25-58(57)52-38-53(62-64-32-34-69(62)55-27-30-59(67-42-55)45-16-6-2-7-17-45)40-54(39-52)63-65-33-35-70(63)56-28-31-60(68-43-56)46-18-8-3-9-19-46;/h1-16,18,20-22,24-43H;/q-3;+3. The second-order valence-corrected chi connectivity index (χ2v) is 16.8. The minimum absolute atomic E-state index is 0. The van der Waals surface area contributed by atoms with E-state index in [1.54, 1.807) is 0 Å². The summed E-state index contributed by atoms with van der Waals surface area (Å²) in [6, 6.07) is 78.6. The Morgan fingerprint density at radius 1 is 0.310 bits per heavy atom. The molecule has 0 aliphatic rings. The smallest absolute Gasteiger partial charge is 0.304 e. The van der Waals surface area contributed by atoms with Crippen LogP contribution in [-0.4, -0.2) is 34.1 Å². The van der Waals surface area contributed by atoms with Gasteiger partial charge in [-0.3, -0.25) is 9.13 Å². The Morgan fingerprint density at radius 2 is 0.789 bits per heavy atom. The number of benzene rings is 7. The molecule has 5 heterocycles. The van der Waals surface area contributed by atoms with Gasteiger partial charge in [-0.2, -0.15) is 0 Å². The van der Waals surface area contributed by atoms with E-state index in [9.17, 15) is 0 Å². The van der Waals surface area contributed by atoms with Crippen molar-refractivity contribution in [1.82, 2.24) is 34.1 Å². The number of imidazole rings is 2. The molecule has 0 saturated carbocycles. The van der Waals surface area contributed by atoms with Crippen LogP contribution in [0.15, 0.2) is 244 Å². The topological polar surface area (TPSA) is 74.3 Å². The molecule has 0 radical (unpaired) electrons. The van der Waals surface area contributed by atoms with Gasteiger partial charge < -0.3 is 15.0 Å².